The van der Waals surface area contributed by atoms with Gasteiger partial charge in [-0.1, -0.05) is 34.1 Å². The van der Waals surface area contributed by atoms with E-state index < -0.39 is 0 Å². The molecular formula is C31H54O2. The minimum Gasteiger partial charge on any atom is -0.390 e. The van der Waals surface area contributed by atoms with Gasteiger partial charge in [-0.15, -0.1) is 0 Å². The minimum absolute atomic E-state index is 0.353. The summed E-state index contributed by atoms with van der Waals surface area (Å²) in [5, 5.41) is 22.1. The highest BCUT2D eigenvalue weighted by Gasteiger charge is 2.57. The van der Waals surface area contributed by atoms with Crippen molar-refractivity contribution in [2.24, 2.45) is 46.3 Å². The van der Waals surface area contributed by atoms with Crippen molar-refractivity contribution in [3.8, 4) is 0 Å². The molecule has 0 bridgehead atoms. The summed E-state index contributed by atoms with van der Waals surface area (Å²) in [6, 6.07) is 0. The van der Waals surface area contributed by atoms with Crippen molar-refractivity contribution in [1.82, 2.24) is 0 Å². The highest BCUT2D eigenvalue weighted by molar-refractivity contribution is 5.07. The molecule has 5 saturated carbocycles. The van der Waals surface area contributed by atoms with Gasteiger partial charge in [-0.2, -0.15) is 0 Å². The fourth-order valence-electron chi connectivity index (χ4n) is 10.2. The molecule has 0 aliphatic heterocycles. The van der Waals surface area contributed by atoms with Gasteiger partial charge in [0.25, 0.3) is 0 Å². The third-order valence-electron chi connectivity index (χ3n) is 12.7. The average molecular weight is 459 g/mol. The Balaban J connectivity index is 1.17. The third kappa shape index (κ3) is 4.59. The van der Waals surface area contributed by atoms with Crippen molar-refractivity contribution in [1.29, 1.82) is 0 Å². The summed E-state index contributed by atoms with van der Waals surface area (Å²) in [6.07, 6.45) is 21.1. The molecule has 8 atom stereocenters. The molecule has 0 aromatic heterocycles. The molecule has 190 valence electrons. The Labute approximate surface area is 204 Å². The van der Waals surface area contributed by atoms with Gasteiger partial charge in [-0.25, -0.2) is 0 Å². The van der Waals surface area contributed by atoms with Crippen molar-refractivity contribution in [3.05, 3.63) is 0 Å². The molecule has 5 aliphatic rings. The summed E-state index contributed by atoms with van der Waals surface area (Å²) in [5.41, 5.74) is 0.271. The molecule has 0 saturated heterocycles. The lowest BCUT2D eigenvalue weighted by atomic mass is 9.48. The average Bonchev–Trinajstić information content (AvgIpc) is 3.12. The predicted octanol–water partition coefficient (Wildman–Crippen LogP) is 7.90. The molecule has 5 aliphatic carbocycles. The molecule has 0 aromatic rings. The SMILES string of the molecule is CC[C@]1(O)CC[C@H]2[C@@H](CC[C@@H]3[C@@H]2CC[C@]2(C)[C@@H](CCCC4(O)CCC(C)(C)CC4)CC[C@@H]32)C1. The second-order valence-corrected chi connectivity index (χ2v) is 14.9. The Kier molecular flexibility index (Phi) is 6.55. The molecule has 0 heterocycles. The van der Waals surface area contributed by atoms with Gasteiger partial charge in [0.2, 0.25) is 0 Å². The van der Waals surface area contributed by atoms with Crippen LogP contribution in [0.1, 0.15) is 137 Å². The van der Waals surface area contributed by atoms with Crippen LogP contribution in [0.3, 0.4) is 0 Å². The summed E-state index contributed by atoms with van der Waals surface area (Å²) < 4.78 is 0. The highest BCUT2D eigenvalue weighted by atomic mass is 16.3. The van der Waals surface area contributed by atoms with Gasteiger partial charge < -0.3 is 10.2 Å². The fraction of sp³-hybridized carbons (Fsp3) is 1.00. The van der Waals surface area contributed by atoms with Gasteiger partial charge in [0, 0.05) is 0 Å². The van der Waals surface area contributed by atoms with E-state index in [1.54, 1.807) is 0 Å². The summed E-state index contributed by atoms with van der Waals surface area (Å²) >= 11 is 0. The topological polar surface area (TPSA) is 40.5 Å². The van der Waals surface area contributed by atoms with E-state index in [1.165, 1.54) is 70.6 Å². The van der Waals surface area contributed by atoms with Gasteiger partial charge in [0.15, 0.2) is 0 Å². The summed E-state index contributed by atoms with van der Waals surface area (Å²) in [7, 11) is 0. The zero-order valence-electron chi connectivity index (χ0n) is 22.4. The molecule has 5 rings (SSSR count). The first-order chi connectivity index (χ1) is 15.6. The van der Waals surface area contributed by atoms with Gasteiger partial charge in [-0.3, -0.25) is 0 Å². The zero-order chi connectivity index (χ0) is 23.5. The third-order valence-corrected chi connectivity index (χ3v) is 12.7. The molecule has 5 fully saturated rings. The van der Waals surface area contributed by atoms with Crippen LogP contribution in [0.5, 0.6) is 0 Å². The number of fused-ring (bicyclic) bond motifs is 5. The van der Waals surface area contributed by atoms with Crippen LogP contribution < -0.4 is 0 Å². The number of hydrogen-bond acceptors (Lipinski definition) is 2. The molecule has 0 spiro atoms. The van der Waals surface area contributed by atoms with Crippen molar-refractivity contribution < 1.29 is 10.2 Å². The first-order valence-corrected chi connectivity index (χ1v) is 15.0. The molecule has 2 heteroatoms. The zero-order valence-corrected chi connectivity index (χ0v) is 22.4. The van der Waals surface area contributed by atoms with Gasteiger partial charge >= 0.3 is 0 Å². The minimum atomic E-state index is -0.369. The summed E-state index contributed by atoms with van der Waals surface area (Å²) in [4.78, 5) is 0. The van der Waals surface area contributed by atoms with E-state index in [0.29, 0.717) is 10.8 Å². The molecule has 2 nitrogen and oxygen atoms in total. The molecule has 0 amide bonds. The van der Waals surface area contributed by atoms with Crippen molar-refractivity contribution in [2.45, 2.75) is 148 Å². The van der Waals surface area contributed by atoms with Crippen LogP contribution in [0, 0.1) is 46.3 Å². The Bertz CT molecular complexity index is 689. The van der Waals surface area contributed by atoms with Crippen LogP contribution in [0.25, 0.3) is 0 Å². The van der Waals surface area contributed by atoms with E-state index in [0.717, 1.165) is 74.0 Å². The lowest BCUT2D eigenvalue weighted by Gasteiger charge is -2.57. The predicted molar refractivity (Wildman–Crippen MR) is 137 cm³/mol. The van der Waals surface area contributed by atoms with E-state index in [2.05, 4.69) is 27.7 Å². The molecular weight excluding hydrogens is 404 g/mol. The van der Waals surface area contributed by atoms with Crippen LogP contribution >= 0.6 is 0 Å². The normalized spacial score (nSPS) is 48.5. The maximum Gasteiger partial charge on any atom is 0.0648 e. The molecule has 0 unspecified atom stereocenters. The maximum atomic E-state index is 11.2. The first-order valence-electron chi connectivity index (χ1n) is 15.0. The lowest BCUT2D eigenvalue weighted by Crippen LogP contribution is -2.50. The number of rotatable bonds is 5. The molecule has 33 heavy (non-hydrogen) atoms. The summed E-state index contributed by atoms with van der Waals surface area (Å²) in [5.74, 6) is 5.46. The van der Waals surface area contributed by atoms with E-state index in [-0.39, 0.29) is 11.2 Å². The Morgan fingerprint density at radius 2 is 1.42 bits per heavy atom. The molecule has 0 aromatic carbocycles. The Morgan fingerprint density at radius 3 is 2.15 bits per heavy atom. The second kappa shape index (κ2) is 8.79. The van der Waals surface area contributed by atoms with E-state index in [4.69, 9.17) is 0 Å². The van der Waals surface area contributed by atoms with Crippen LogP contribution in [-0.4, -0.2) is 21.4 Å². The smallest absolute Gasteiger partial charge is 0.0648 e. The quantitative estimate of drug-likeness (QED) is 0.439. The van der Waals surface area contributed by atoms with Gasteiger partial charge in [0.1, 0.15) is 0 Å². The van der Waals surface area contributed by atoms with E-state index in [9.17, 15) is 10.2 Å². The van der Waals surface area contributed by atoms with Crippen LogP contribution in [0.15, 0.2) is 0 Å². The van der Waals surface area contributed by atoms with Gasteiger partial charge in [-0.05, 0) is 149 Å². The lowest BCUT2D eigenvalue weighted by molar-refractivity contribution is -0.107. The van der Waals surface area contributed by atoms with Crippen molar-refractivity contribution in [2.75, 3.05) is 0 Å². The fourth-order valence-corrected chi connectivity index (χ4v) is 10.2. The van der Waals surface area contributed by atoms with E-state index >= 15 is 0 Å². The van der Waals surface area contributed by atoms with Crippen LogP contribution in [0.2, 0.25) is 0 Å². The van der Waals surface area contributed by atoms with Crippen LogP contribution in [0.4, 0.5) is 0 Å². The number of aliphatic hydroxyl groups is 2. The Hall–Kier alpha value is -0.0800. The highest BCUT2D eigenvalue weighted by Crippen LogP contribution is 2.65. The second-order valence-electron chi connectivity index (χ2n) is 14.9. The summed E-state index contributed by atoms with van der Waals surface area (Å²) in [6.45, 7) is 9.59. The standard InChI is InChI=1S/C31H54O2/c1-5-30(32)16-13-24-22(21-30)8-10-26-25(24)12-15-29(4)23(9-11-27(26)29)7-6-14-31(33)19-17-28(2,3)18-20-31/h22-27,32-33H,5-21H2,1-4H3/t22-,23-,24-,25+,26+,27-,29+,30-/m0/s1. The van der Waals surface area contributed by atoms with E-state index in [1.807, 2.05) is 0 Å². The largest absolute Gasteiger partial charge is 0.390 e. The van der Waals surface area contributed by atoms with Crippen molar-refractivity contribution >= 4 is 0 Å². The van der Waals surface area contributed by atoms with Crippen molar-refractivity contribution in [3.63, 3.8) is 0 Å². The molecule has 0 radical (unpaired) electrons. The molecule has 2 N–H and O–H groups in total. The number of hydrogen-bond donors (Lipinski definition) is 2. The maximum absolute atomic E-state index is 11.2. The Morgan fingerprint density at radius 1 is 0.697 bits per heavy atom. The van der Waals surface area contributed by atoms with Gasteiger partial charge in [0.05, 0.1) is 11.2 Å². The van der Waals surface area contributed by atoms with Crippen LogP contribution in [-0.2, 0) is 0 Å². The first kappa shape index (κ1) is 24.6. The monoisotopic (exact) mass is 458 g/mol.